The molecule has 2 aromatic carbocycles. The van der Waals surface area contributed by atoms with Gasteiger partial charge in [-0.25, -0.2) is 4.79 Å². The van der Waals surface area contributed by atoms with Crippen LogP contribution in [0.15, 0.2) is 36.4 Å². The number of aryl methyl sites for hydroxylation is 1. The minimum atomic E-state index is -1.04. The number of likely N-dealkylation sites (N-methyl/N-ethyl adjacent to an activating group) is 1. The average Bonchev–Trinajstić information content (AvgIpc) is 3.43. The Morgan fingerprint density at radius 1 is 1.16 bits per heavy atom. The number of hydrogen-bond donors (Lipinski definition) is 2. The second-order valence-corrected chi connectivity index (χ2v) is 10.7. The first kappa shape index (κ1) is 23.6. The third kappa shape index (κ3) is 3.31. The Balaban J connectivity index is 1.30. The minimum Gasteiger partial charge on any atom is -0.477 e. The molecule has 190 valence electrons. The van der Waals surface area contributed by atoms with E-state index in [1.54, 1.807) is 6.07 Å². The predicted molar refractivity (Wildman–Crippen MR) is 137 cm³/mol. The molecule has 8 nitrogen and oxygen atoms in total. The molecule has 0 radical (unpaired) electrons. The predicted octanol–water partition coefficient (Wildman–Crippen LogP) is 2.97. The molecule has 37 heavy (non-hydrogen) atoms. The first-order valence-electron chi connectivity index (χ1n) is 12.8. The largest absolute Gasteiger partial charge is 0.477 e. The van der Waals surface area contributed by atoms with Crippen molar-refractivity contribution in [2.75, 3.05) is 27.2 Å². The summed E-state index contributed by atoms with van der Waals surface area (Å²) in [5.74, 6) is -2.80. The Bertz CT molecular complexity index is 1500. The molecule has 6 rings (SSSR count). The number of carbonyl (C=O) groups excluding carboxylic acids is 3. The summed E-state index contributed by atoms with van der Waals surface area (Å²) >= 11 is 0. The Hall–Kier alpha value is -3.78. The fraction of sp³-hybridized carbons (Fsp3) is 0.379. The number of aromatic nitrogens is 1. The minimum absolute atomic E-state index is 0.190. The molecule has 1 aromatic heterocycles. The Morgan fingerprint density at radius 3 is 2.73 bits per heavy atom. The lowest BCUT2D eigenvalue weighted by Gasteiger charge is -2.32. The maximum Gasteiger partial charge on any atom is 0.352 e. The number of carbonyl (C=O) groups is 4. The lowest BCUT2D eigenvalue weighted by Crippen LogP contribution is -2.42. The lowest BCUT2D eigenvalue weighted by atomic mass is 9.67. The molecular weight excluding hydrogens is 470 g/mol. The van der Waals surface area contributed by atoms with Crippen molar-refractivity contribution in [2.45, 2.75) is 37.5 Å². The van der Waals surface area contributed by atoms with E-state index in [1.165, 1.54) is 4.90 Å². The summed E-state index contributed by atoms with van der Waals surface area (Å²) in [5, 5.41) is 10.5. The van der Waals surface area contributed by atoms with Crippen molar-refractivity contribution in [1.82, 2.24) is 14.8 Å². The van der Waals surface area contributed by atoms with E-state index in [9.17, 15) is 24.3 Å². The van der Waals surface area contributed by atoms with Crippen molar-refractivity contribution in [1.29, 1.82) is 0 Å². The van der Waals surface area contributed by atoms with Crippen LogP contribution in [0.25, 0.3) is 10.9 Å². The molecule has 2 heterocycles. The smallest absolute Gasteiger partial charge is 0.352 e. The molecule has 3 aromatic rings. The van der Waals surface area contributed by atoms with Gasteiger partial charge in [-0.3, -0.25) is 19.3 Å². The molecule has 0 saturated carbocycles. The second-order valence-electron chi connectivity index (χ2n) is 10.7. The zero-order chi connectivity index (χ0) is 26.1. The SMILES string of the molecule is CN(C)CCc1c(C(=O)O)[nH]c2ccc(CCN3C(=O)C4C(=O)c5cccc6c5C4(CCC6)C3=O)cc12. The Labute approximate surface area is 214 Å². The highest BCUT2D eigenvalue weighted by Gasteiger charge is 2.68. The summed E-state index contributed by atoms with van der Waals surface area (Å²) in [6.07, 6.45) is 3.13. The number of ketones is 1. The van der Waals surface area contributed by atoms with Crippen molar-refractivity contribution < 1.29 is 24.3 Å². The molecule has 1 spiro atoms. The number of fused-ring (bicyclic) bond motifs is 1. The van der Waals surface area contributed by atoms with Gasteiger partial charge in [-0.15, -0.1) is 0 Å². The fourth-order valence-corrected chi connectivity index (χ4v) is 6.73. The van der Waals surface area contributed by atoms with Crippen LogP contribution < -0.4 is 0 Å². The van der Waals surface area contributed by atoms with Crippen molar-refractivity contribution in [3.8, 4) is 0 Å². The molecular formula is C29H29N3O5. The molecule has 3 aliphatic rings. The molecule has 0 bridgehead atoms. The van der Waals surface area contributed by atoms with Crippen LogP contribution in [-0.2, 0) is 34.3 Å². The molecule has 8 heteroatoms. The van der Waals surface area contributed by atoms with Gasteiger partial charge in [-0.05, 0) is 80.6 Å². The number of nitrogens with zero attached hydrogens (tertiary/aromatic N) is 2. The van der Waals surface area contributed by atoms with Gasteiger partial charge < -0.3 is 15.0 Å². The van der Waals surface area contributed by atoms with Gasteiger partial charge >= 0.3 is 5.97 Å². The molecule has 1 saturated heterocycles. The van der Waals surface area contributed by atoms with Crippen molar-refractivity contribution >= 4 is 34.5 Å². The van der Waals surface area contributed by atoms with Crippen molar-refractivity contribution in [2.24, 2.45) is 5.92 Å². The number of benzene rings is 2. The summed E-state index contributed by atoms with van der Waals surface area (Å²) in [7, 11) is 3.89. The average molecular weight is 500 g/mol. The van der Waals surface area contributed by atoms with Gasteiger partial charge in [0.15, 0.2) is 5.78 Å². The van der Waals surface area contributed by atoms with Crippen molar-refractivity contribution in [3.05, 3.63) is 69.9 Å². The van der Waals surface area contributed by atoms with Gasteiger partial charge in [0, 0.05) is 29.6 Å². The number of Topliss-reactive ketones (excluding diaryl/α,β-unsaturated/α-hetero) is 1. The summed E-state index contributed by atoms with van der Waals surface area (Å²) in [6, 6.07) is 11.3. The highest BCUT2D eigenvalue weighted by molar-refractivity contribution is 6.27. The van der Waals surface area contributed by atoms with Gasteiger partial charge in [-0.2, -0.15) is 0 Å². The number of nitrogens with one attached hydrogen (secondary N) is 1. The van der Waals surface area contributed by atoms with E-state index in [4.69, 9.17) is 0 Å². The zero-order valence-electron chi connectivity index (χ0n) is 21.0. The monoisotopic (exact) mass is 499 g/mol. The van der Waals surface area contributed by atoms with Crippen LogP contribution in [0.2, 0.25) is 0 Å². The van der Waals surface area contributed by atoms with E-state index in [0.717, 1.165) is 46.0 Å². The number of amides is 2. The fourth-order valence-electron chi connectivity index (χ4n) is 6.73. The number of rotatable bonds is 7. The number of likely N-dealkylation sites (tertiary alicyclic amines) is 1. The number of aromatic amines is 1. The van der Waals surface area contributed by atoms with E-state index in [1.807, 2.05) is 49.3 Å². The molecule has 2 aliphatic carbocycles. The summed E-state index contributed by atoms with van der Waals surface area (Å²) in [4.78, 5) is 58.8. The van der Waals surface area contributed by atoms with Crippen molar-refractivity contribution in [3.63, 3.8) is 0 Å². The van der Waals surface area contributed by atoms with Crippen LogP contribution >= 0.6 is 0 Å². The number of hydrogen-bond acceptors (Lipinski definition) is 5. The van der Waals surface area contributed by atoms with E-state index >= 15 is 0 Å². The first-order chi connectivity index (χ1) is 17.7. The summed E-state index contributed by atoms with van der Waals surface area (Å²) in [5.41, 5.74) is 3.89. The molecule has 2 amide bonds. The Kier molecular flexibility index (Phi) is 5.35. The highest BCUT2D eigenvalue weighted by atomic mass is 16.4. The van der Waals surface area contributed by atoms with Crippen LogP contribution in [0.1, 0.15) is 55.9 Å². The van der Waals surface area contributed by atoms with E-state index in [2.05, 4.69) is 4.98 Å². The number of H-pyrrole nitrogens is 1. The maximum atomic E-state index is 13.8. The first-order valence-corrected chi connectivity index (χ1v) is 12.8. The number of carboxylic acid groups (broad SMARTS) is 1. The van der Waals surface area contributed by atoms with E-state index < -0.39 is 17.3 Å². The third-order valence-corrected chi connectivity index (χ3v) is 8.39. The normalized spacial score (nSPS) is 22.3. The Morgan fingerprint density at radius 2 is 1.97 bits per heavy atom. The van der Waals surface area contributed by atoms with Crippen LogP contribution in [-0.4, -0.2) is 70.6 Å². The highest BCUT2D eigenvalue weighted by Crippen LogP contribution is 2.55. The quantitative estimate of drug-likeness (QED) is 0.382. The van der Waals surface area contributed by atoms with Crippen LogP contribution in [0.3, 0.4) is 0 Å². The third-order valence-electron chi connectivity index (χ3n) is 8.39. The summed E-state index contributed by atoms with van der Waals surface area (Å²) in [6.45, 7) is 0.894. The van der Waals surface area contributed by atoms with Gasteiger partial charge in [0.2, 0.25) is 11.8 Å². The number of aromatic carboxylic acids is 1. The second kappa shape index (κ2) is 8.38. The maximum absolute atomic E-state index is 13.8. The van der Waals surface area contributed by atoms with Crippen LogP contribution in [0.4, 0.5) is 0 Å². The lowest BCUT2D eigenvalue weighted by molar-refractivity contribution is -0.140. The van der Waals surface area contributed by atoms with Crippen LogP contribution in [0, 0.1) is 5.92 Å². The summed E-state index contributed by atoms with van der Waals surface area (Å²) < 4.78 is 0. The number of carboxylic acids is 1. The van der Waals surface area contributed by atoms with E-state index in [-0.39, 0.29) is 29.8 Å². The molecule has 2 atom stereocenters. The van der Waals surface area contributed by atoms with Crippen LogP contribution in [0.5, 0.6) is 0 Å². The molecule has 1 fully saturated rings. The molecule has 2 N–H and O–H groups in total. The van der Waals surface area contributed by atoms with E-state index in [0.29, 0.717) is 31.4 Å². The standard InChI is InChI=1S/C29H29N3O5/c1-31(2)13-11-18-20-15-16(8-9-21(20)30-24(18)27(35)36)10-14-32-26(34)23-25(33)19-7-3-5-17-6-4-12-29(23,22(17)19)28(32)37/h3,5,7-9,15,23,30H,4,6,10-14H2,1-2H3,(H,35,36). The van der Waals surface area contributed by atoms with Gasteiger partial charge in [0.25, 0.3) is 0 Å². The topological polar surface area (TPSA) is 111 Å². The molecule has 1 aliphatic heterocycles. The number of imide groups is 1. The zero-order valence-corrected chi connectivity index (χ0v) is 21.0. The molecule has 2 unspecified atom stereocenters. The van der Waals surface area contributed by atoms with Gasteiger partial charge in [-0.1, -0.05) is 24.3 Å². The van der Waals surface area contributed by atoms with Gasteiger partial charge in [0.1, 0.15) is 11.6 Å². The van der Waals surface area contributed by atoms with Gasteiger partial charge in [0.05, 0.1) is 5.41 Å².